The summed E-state index contributed by atoms with van der Waals surface area (Å²) in [6, 6.07) is 17.5. The smallest absolute Gasteiger partial charge is 0.293 e. The second kappa shape index (κ2) is 12.2. The Bertz CT molecular complexity index is 1300. The van der Waals surface area contributed by atoms with Crippen molar-refractivity contribution < 1.29 is 23.8 Å². The molecule has 2 aromatic carbocycles. The summed E-state index contributed by atoms with van der Waals surface area (Å²) in [5.41, 5.74) is 5.41. The van der Waals surface area contributed by atoms with Crippen LogP contribution in [-0.4, -0.2) is 43.2 Å². The molecule has 0 aliphatic rings. The highest BCUT2D eigenvalue weighted by Gasteiger charge is 2.12. The fourth-order valence-electron chi connectivity index (χ4n) is 3.52. The number of hydrogen-bond acceptors (Lipinski definition) is 6. The fraction of sp³-hybridized carbons (Fsp3) is 0.222. The standard InChI is InChI=1S/C24H23N3O3.C3H6O2/c1-15-10-19-11-16(5-7-21(19)27-15)17-8-9-25-22(12-17)24(28)26-14-18-4-6-20(29-2)13-23(18)30-3;1-2-5-3-4/h4-13,27H,14H2,1-3H3,(H,26,28);3H,2H2,1H3. The number of benzene rings is 2. The number of pyridine rings is 1. The van der Waals surface area contributed by atoms with E-state index in [1.54, 1.807) is 39.5 Å². The molecule has 0 spiro atoms. The van der Waals surface area contributed by atoms with Crippen molar-refractivity contribution in [2.75, 3.05) is 20.8 Å². The van der Waals surface area contributed by atoms with Gasteiger partial charge in [-0.05, 0) is 67.4 Å². The number of amides is 1. The highest BCUT2D eigenvalue weighted by atomic mass is 16.5. The van der Waals surface area contributed by atoms with Crippen LogP contribution in [0.3, 0.4) is 0 Å². The maximum absolute atomic E-state index is 12.7. The number of rotatable bonds is 8. The molecule has 2 N–H and O–H groups in total. The van der Waals surface area contributed by atoms with E-state index in [1.807, 2.05) is 37.3 Å². The molecule has 0 unspecified atom stereocenters. The van der Waals surface area contributed by atoms with Gasteiger partial charge in [-0.15, -0.1) is 0 Å². The molecule has 8 heteroatoms. The lowest BCUT2D eigenvalue weighted by Crippen LogP contribution is -2.24. The number of carbonyl (C=O) groups is 2. The molecule has 4 aromatic rings. The second-order valence-corrected chi connectivity index (χ2v) is 7.60. The van der Waals surface area contributed by atoms with Gasteiger partial charge in [0.05, 0.1) is 20.8 Å². The van der Waals surface area contributed by atoms with Gasteiger partial charge in [0, 0.05) is 41.0 Å². The summed E-state index contributed by atoms with van der Waals surface area (Å²) in [7, 11) is 3.19. The van der Waals surface area contributed by atoms with Crippen molar-refractivity contribution in [2.24, 2.45) is 0 Å². The van der Waals surface area contributed by atoms with E-state index < -0.39 is 0 Å². The molecule has 0 fully saturated rings. The van der Waals surface area contributed by atoms with E-state index in [0.717, 1.165) is 33.3 Å². The summed E-state index contributed by atoms with van der Waals surface area (Å²) in [5, 5.41) is 4.05. The summed E-state index contributed by atoms with van der Waals surface area (Å²) in [4.78, 5) is 29.4. The van der Waals surface area contributed by atoms with Gasteiger partial charge in [0.1, 0.15) is 17.2 Å². The monoisotopic (exact) mass is 475 g/mol. The van der Waals surface area contributed by atoms with Gasteiger partial charge < -0.3 is 24.5 Å². The number of nitrogens with one attached hydrogen (secondary N) is 2. The molecule has 182 valence electrons. The van der Waals surface area contributed by atoms with Crippen LogP contribution in [0.15, 0.2) is 60.8 Å². The molecule has 0 atom stereocenters. The minimum absolute atomic E-state index is 0.242. The van der Waals surface area contributed by atoms with Crippen LogP contribution < -0.4 is 14.8 Å². The third-order valence-corrected chi connectivity index (χ3v) is 5.25. The van der Waals surface area contributed by atoms with Crippen LogP contribution in [-0.2, 0) is 16.1 Å². The fourth-order valence-corrected chi connectivity index (χ4v) is 3.52. The molecule has 0 aliphatic heterocycles. The molecule has 8 nitrogen and oxygen atoms in total. The number of methoxy groups -OCH3 is 2. The number of carbonyl (C=O) groups excluding carboxylic acids is 2. The number of fused-ring (bicyclic) bond motifs is 1. The summed E-state index contributed by atoms with van der Waals surface area (Å²) < 4.78 is 14.8. The van der Waals surface area contributed by atoms with Crippen LogP contribution in [0.25, 0.3) is 22.0 Å². The highest BCUT2D eigenvalue weighted by Crippen LogP contribution is 2.26. The SMILES string of the molecule is CCOC=O.COc1ccc(CNC(=O)c2cc(-c3ccc4[nH]c(C)cc4c3)ccn2)c(OC)c1. The van der Waals surface area contributed by atoms with Crippen LogP contribution >= 0.6 is 0 Å². The Hall–Kier alpha value is -4.33. The molecule has 35 heavy (non-hydrogen) atoms. The molecule has 0 saturated carbocycles. The quantitative estimate of drug-likeness (QED) is 0.359. The molecular formula is C27H29N3O5. The number of aromatic amines is 1. The van der Waals surface area contributed by atoms with Gasteiger partial charge in [-0.25, -0.2) is 0 Å². The van der Waals surface area contributed by atoms with E-state index in [9.17, 15) is 9.59 Å². The van der Waals surface area contributed by atoms with E-state index in [4.69, 9.17) is 9.47 Å². The maximum atomic E-state index is 12.7. The van der Waals surface area contributed by atoms with Crippen molar-refractivity contribution in [1.82, 2.24) is 15.3 Å². The first-order chi connectivity index (χ1) is 17.0. The Labute approximate surface area is 204 Å². The zero-order chi connectivity index (χ0) is 25.2. The summed E-state index contributed by atoms with van der Waals surface area (Å²) in [5.74, 6) is 1.12. The number of aryl methyl sites for hydroxylation is 1. The Morgan fingerprint density at radius 3 is 2.51 bits per heavy atom. The number of hydrogen-bond donors (Lipinski definition) is 2. The van der Waals surface area contributed by atoms with Crippen molar-refractivity contribution >= 4 is 23.3 Å². The van der Waals surface area contributed by atoms with Gasteiger partial charge in [0.25, 0.3) is 12.4 Å². The topological polar surface area (TPSA) is 103 Å². The molecular weight excluding hydrogens is 446 g/mol. The number of nitrogens with zero attached hydrogens (tertiary/aromatic N) is 1. The molecule has 2 heterocycles. The van der Waals surface area contributed by atoms with Gasteiger partial charge in [0.15, 0.2) is 0 Å². The van der Waals surface area contributed by atoms with Crippen molar-refractivity contribution in [3.8, 4) is 22.6 Å². The van der Waals surface area contributed by atoms with Crippen molar-refractivity contribution in [3.05, 3.63) is 77.7 Å². The van der Waals surface area contributed by atoms with E-state index >= 15 is 0 Å². The first-order valence-electron chi connectivity index (χ1n) is 11.1. The predicted octanol–water partition coefficient (Wildman–Crippen LogP) is 4.66. The predicted molar refractivity (Wildman–Crippen MR) is 135 cm³/mol. The molecule has 4 rings (SSSR count). The number of H-pyrrole nitrogens is 1. The highest BCUT2D eigenvalue weighted by molar-refractivity contribution is 5.94. The average Bonchev–Trinajstić information content (AvgIpc) is 3.27. The minimum atomic E-state index is -0.242. The molecule has 1 amide bonds. The molecule has 2 aromatic heterocycles. The van der Waals surface area contributed by atoms with Crippen LogP contribution in [0, 0.1) is 6.92 Å². The van der Waals surface area contributed by atoms with Crippen LogP contribution in [0.2, 0.25) is 0 Å². The zero-order valence-corrected chi connectivity index (χ0v) is 20.3. The van der Waals surface area contributed by atoms with Gasteiger partial charge in [-0.2, -0.15) is 0 Å². The summed E-state index contributed by atoms with van der Waals surface area (Å²) >= 11 is 0. The first-order valence-corrected chi connectivity index (χ1v) is 11.1. The van der Waals surface area contributed by atoms with Crippen molar-refractivity contribution in [3.63, 3.8) is 0 Å². The Balaban J connectivity index is 0.000000623. The first kappa shape index (κ1) is 25.3. The van der Waals surface area contributed by atoms with Crippen molar-refractivity contribution in [2.45, 2.75) is 20.4 Å². The van der Waals surface area contributed by atoms with Gasteiger partial charge in [-0.1, -0.05) is 6.07 Å². The van der Waals surface area contributed by atoms with E-state index in [1.165, 1.54) is 0 Å². The van der Waals surface area contributed by atoms with Crippen LogP contribution in [0.5, 0.6) is 11.5 Å². The van der Waals surface area contributed by atoms with E-state index in [2.05, 4.69) is 32.2 Å². The normalized spacial score (nSPS) is 10.2. The molecule has 0 aliphatic carbocycles. The Morgan fingerprint density at radius 1 is 1.03 bits per heavy atom. The number of ether oxygens (including phenoxy) is 3. The maximum Gasteiger partial charge on any atom is 0.293 e. The Kier molecular flexibility index (Phi) is 8.83. The molecule has 0 radical (unpaired) electrons. The third-order valence-electron chi connectivity index (χ3n) is 5.25. The lowest BCUT2D eigenvalue weighted by Gasteiger charge is -2.11. The van der Waals surface area contributed by atoms with Gasteiger partial charge >= 0.3 is 0 Å². The van der Waals surface area contributed by atoms with Crippen LogP contribution in [0.1, 0.15) is 28.7 Å². The second-order valence-electron chi connectivity index (χ2n) is 7.60. The summed E-state index contributed by atoms with van der Waals surface area (Å²) in [6.07, 6.45) is 1.66. The summed E-state index contributed by atoms with van der Waals surface area (Å²) in [6.45, 7) is 5.02. The lowest BCUT2D eigenvalue weighted by molar-refractivity contribution is -0.128. The largest absolute Gasteiger partial charge is 0.497 e. The van der Waals surface area contributed by atoms with E-state index in [0.29, 0.717) is 36.8 Å². The average molecular weight is 476 g/mol. The third kappa shape index (κ3) is 6.60. The molecule has 0 bridgehead atoms. The molecule has 0 saturated heterocycles. The number of aromatic nitrogens is 2. The minimum Gasteiger partial charge on any atom is -0.497 e. The lowest BCUT2D eigenvalue weighted by atomic mass is 10.0. The van der Waals surface area contributed by atoms with E-state index in [-0.39, 0.29) is 5.91 Å². The van der Waals surface area contributed by atoms with Gasteiger partial charge in [0.2, 0.25) is 0 Å². The Morgan fingerprint density at radius 2 is 1.83 bits per heavy atom. The van der Waals surface area contributed by atoms with Crippen LogP contribution in [0.4, 0.5) is 0 Å². The zero-order valence-electron chi connectivity index (χ0n) is 20.3. The van der Waals surface area contributed by atoms with Gasteiger partial charge in [-0.3, -0.25) is 14.6 Å². The van der Waals surface area contributed by atoms with Crippen molar-refractivity contribution in [1.29, 1.82) is 0 Å².